The van der Waals surface area contributed by atoms with Gasteiger partial charge in [0.15, 0.2) is 0 Å². The second kappa shape index (κ2) is 12.3. The summed E-state index contributed by atoms with van der Waals surface area (Å²) in [5.74, 6) is 0. The number of aliphatic hydroxyl groups is 2. The van der Waals surface area contributed by atoms with Crippen LogP contribution in [0.5, 0.6) is 0 Å². The van der Waals surface area contributed by atoms with Crippen molar-refractivity contribution in [2.24, 2.45) is 0 Å². The molecule has 25 heavy (non-hydrogen) atoms. The zero-order valence-electron chi connectivity index (χ0n) is 14.3. The Morgan fingerprint density at radius 3 is 2.12 bits per heavy atom. The minimum Gasteiger partial charge on any atom is -0.394 e. The molecular weight excluding hydrogens is 352 g/mol. The van der Waals surface area contributed by atoms with Crippen LogP contribution in [-0.4, -0.2) is 77.6 Å². The summed E-state index contributed by atoms with van der Waals surface area (Å²) in [6.07, 6.45) is -0.424. The maximum atomic E-state index is 12.0. The molecule has 0 aromatic heterocycles. The summed E-state index contributed by atoms with van der Waals surface area (Å²) >= 11 is 0. The van der Waals surface area contributed by atoms with Gasteiger partial charge in [0.2, 0.25) is 0 Å². The monoisotopic (exact) mass is 378 g/mol. The fourth-order valence-electron chi connectivity index (χ4n) is 1.83. The first-order chi connectivity index (χ1) is 12.0. The Morgan fingerprint density at radius 2 is 1.52 bits per heavy atom. The molecule has 144 valence electrons. The molecule has 0 fully saturated rings. The van der Waals surface area contributed by atoms with Gasteiger partial charge in [0.25, 0.3) is 10.1 Å². The fourth-order valence-corrected chi connectivity index (χ4v) is 2.73. The highest BCUT2D eigenvalue weighted by Gasteiger charge is 2.15. The number of hydrogen-bond donors (Lipinski definition) is 2. The highest BCUT2D eigenvalue weighted by Crippen LogP contribution is 2.12. The summed E-state index contributed by atoms with van der Waals surface area (Å²) in [6, 6.07) is 6.37. The zero-order valence-corrected chi connectivity index (χ0v) is 15.1. The van der Waals surface area contributed by atoms with Crippen LogP contribution in [0.25, 0.3) is 0 Å². The SMILES string of the molecule is Cc1ccc(S(=O)(=O)OCCOCC(COCCO)OCCO)cc1. The molecule has 1 aromatic rings. The van der Waals surface area contributed by atoms with Gasteiger partial charge >= 0.3 is 0 Å². The predicted molar refractivity (Wildman–Crippen MR) is 89.9 cm³/mol. The molecule has 2 N–H and O–H groups in total. The van der Waals surface area contributed by atoms with Crippen molar-refractivity contribution < 1.29 is 37.0 Å². The molecule has 1 aromatic carbocycles. The Labute approximate surface area is 148 Å². The molecule has 0 saturated heterocycles. The van der Waals surface area contributed by atoms with E-state index in [0.717, 1.165) is 5.56 Å². The average molecular weight is 378 g/mol. The molecule has 0 spiro atoms. The number of benzene rings is 1. The first-order valence-electron chi connectivity index (χ1n) is 7.94. The van der Waals surface area contributed by atoms with Gasteiger partial charge in [0.1, 0.15) is 6.10 Å². The van der Waals surface area contributed by atoms with E-state index in [1.807, 2.05) is 6.92 Å². The lowest BCUT2D eigenvalue weighted by Crippen LogP contribution is -2.28. The molecule has 0 heterocycles. The van der Waals surface area contributed by atoms with Gasteiger partial charge in [0.05, 0.1) is 57.8 Å². The molecule has 9 heteroatoms. The van der Waals surface area contributed by atoms with Gasteiger partial charge < -0.3 is 24.4 Å². The van der Waals surface area contributed by atoms with Crippen molar-refractivity contribution in [1.82, 2.24) is 0 Å². The van der Waals surface area contributed by atoms with E-state index in [2.05, 4.69) is 0 Å². The van der Waals surface area contributed by atoms with Crippen LogP contribution in [0.4, 0.5) is 0 Å². The first kappa shape index (κ1) is 22.0. The van der Waals surface area contributed by atoms with Gasteiger partial charge in [0, 0.05) is 0 Å². The van der Waals surface area contributed by atoms with Gasteiger partial charge in [-0.25, -0.2) is 0 Å². The van der Waals surface area contributed by atoms with E-state index >= 15 is 0 Å². The predicted octanol–water partition coefficient (Wildman–Crippen LogP) is 0.103. The van der Waals surface area contributed by atoms with Crippen LogP contribution in [0.1, 0.15) is 5.56 Å². The summed E-state index contributed by atoms with van der Waals surface area (Å²) in [4.78, 5) is 0.0969. The van der Waals surface area contributed by atoms with Gasteiger partial charge in [-0.05, 0) is 19.1 Å². The van der Waals surface area contributed by atoms with Crippen molar-refractivity contribution >= 4 is 10.1 Å². The van der Waals surface area contributed by atoms with Crippen molar-refractivity contribution in [2.45, 2.75) is 17.9 Å². The largest absolute Gasteiger partial charge is 0.394 e. The summed E-state index contributed by atoms with van der Waals surface area (Å²) in [5, 5.41) is 17.5. The molecule has 0 bridgehead atoms. The third-order valence-electron chi connectivity index (χ3n) is 3.06. The lowest BCUT2D eigenvalue weighted by atomic mass is 10.2. The number of aryl methyl sites for hydroxylation is 1. The molecule has 8 nitrogen and oxygen atoms in total. The van der Waals surface area contributed by atoms with Crippen molar-refractivity contribution in [3.63, 3.8) is 0 Å². The zero-order chi connectivity index (χ0) is 18.5. The van der Waals surface area contributed by atoms with E-state index in [0.29, 0.717) is 0 Å². The Kier molecular flexibility index (Phi) is 10.8. The standard InChI is InChI=1S/C16H26O8S/c1-14-2-4-16(5-3-14)25(19,20)24-11-10-22-13-15(23-9-7-18)12-21-8-6-17/h2-5,15,17-18H,6-13H2,1H3. The van der Waals surface area contributed by atoms with Gasteiger partial charge in [-0.1, -0.05) is 17.7 Å². The number of ether oxygens (including phenoxy) is 3. The van der Waals surface area contributed by atoms with Crippen LogP contribution < -0.4 is 0 Å². The van der Waals surface area contributed by atoms with E-state index < -0.39 is 16.2 Å². The Hall–Kier alpha value is -1.07. The Morgan fingerprint density at radius 1 is 0.920 bits per heavy atom. The van der Waals surface area contributed by atoms with E-state index in [4.69, 9.17) is 28.6 Å². The van der Waals surface area contributed by atoms with Crippen LogP contribution in [0.2, 0.25) is 0 Å². The second-order valence-electron chi connectivity index (χ2n) is 5.18. The molecule has 1 atom stereocenters. The fraction of sp³-hybridized carbons (Fsp3) is 0.625. The van der Waals surface area contributed by atoms with Crippen molar-refractivity contribution in [3.8, 4) is 0 Å². The first-order valence-corrected chi connectivity index (χ1v) is 9.35. The van der Waals surface area contributed by atoms with Crippen LogP contribution in [0.15, 0.2) is 29.2 Å². The lowest BCUT2D eigenvalue weighted by molar-refractivity contribution is -0.0724. The quantitative estimate of drug-likeness (QED) is 0.346. The molecular formula is C16H26O8S. The number of hydrogen-bond acceptors (Lipinski definition) is 8. The Bertz CT molecular complexity index is 558. The molecule has 0 aliphatic carbocycles. The van der Waals surface area contributed by atoms with E-state index in [9.17, 15) is 8.42 Å². The van der Waals surface area contributed by atoms with E-state index in [1.165, 1.54) is 12.1 Å². The number of aliphatic hydroxyl groups excluding tert-OH is 2. The van der Waals surface area contributed by atoms with E-state index in [-0.39, 0.29) is 57.8 Å². The normalized spacial score (nSPS) is 13.1. The van der Waals surface area contributed by atoms with E-state index in [1.54, 1.807) is 12.1 Å². The Balaban J connectivity index is 2.31. The minimum absolute atomic E-state index is 0.0596. The van der Waals surface area contributed by atoms with Crippen molar-refractivity contribution in [1.29, 1.82) is 0 Å². The lowest BCUT2D eigenvalue weighted by Gasteiger charge is -2.17. The molecule has 0 radical (unpaired) electrons. The molecule has 1 unspecified atom stereocenters. The summed E-state index contributed by atoms with van der Waals surface area (Å²) in [7, 11) is -3.81. The molecule has 0 saturated carbocycles. The molecule has 0 aliphatic heterocycles. The molecule has 0 aliphatic rings. The van der Waals surface area contributed by atoms with Crippen LogP contribution in [0.3, 0.4) is 0 Å². The van der Waals surface area contributed by atoms with Crippen LogP contribution >= 0.6 is 0 Å². The maximum Gasteiger partial charge on any atom is 0.297 e. The van der Waals surface area contributed by atoms with Gasteiger partial charge in [-0.15, -0.1) is 0 Å². The average Bonchev–Trinajstić information content (AvgIpc) is 2.59. The van der Waals surface area contributed by atoms with Crippen LogP contribution in [0, 0.1) is 6.92 Å². The van der Waals surface area contributed by atoms with Gasteiger partial charge in [-0.2, -0.15) is 8.42 Å². The third kappa shape index (κ3) is 9.26. The highest BCUT2D eigenvalue weighted by molar-refractivity contribution is 7.86. The maximum absolute atomic E-state index is 12.0. The molecule has 1 rings (SSSR count). The van der Waals surface area contributed by atoms with Crippen molar-refractivity contribution in [2.75, 3.05) is 52.9 Å². The third-order valence-corrected chi connectivity index (χ3v) is 4.39. The molecule has 0 amide bonds. The van der Waals surface area contributed by atoms with Crippen LogP contribution in [-0.2, 0) is 28.5 Å². The smallest absolute Gasteiger partial charge is 0.297 e. The second-order valence-corrected chi connectivity index (χ2v) is 6.79. The summed E-state index contributed by atoms with van der Waals surface area (Å²) in [5.41, 5.74) is 0.958. The number of rotatable bonds is 14. The highest BCUT2D eigenvalue weighted by atomic mass is 32.2. The minimum atomic E-state index is -3.81. The topological polar surface area (TPSA) is 112 Å². The van der Waals surface area contributed by atoms with Crippen molar-refractivity contribution in [3.05, 3.63) is 29.8 Å². The summed E-state index contributed by atoms with van der Waals surface area (Å²) in [6.45, 7) is 2.23. The summed E-state index contributed by atoms with van der Waals surface area (Å²) < 4.78 is 44.7. The van der Waals surface area contributed by atoms with Gasteiger partial charge in [-0.3, -0.25) is 4.18 Å².